The summed E-state index contributed by atoms with van der Waals surface area (Å²) in [5.74, 6) is 0.386. The highest BCUT2D eigenvalue weighted by Crippen LogP contribution is 2.08. The summed E-state index contributed by atoms with van der Waals surface area (Å²) in [6, 6.07) is 0. The zero-order valence-electron chi connectivity index (χ0n) is 8.53. The van der Waals surface area contributed by atoms with Gasteiger partial charge in [-0.3, -0.25) is 9.69 Å². The second-order valence-corrected chi connectivity index (χ2v) is 4.06. The Bertz CT molecular complexity index is 194. The molecular weight excluding hydrogens is 168 g/mol. The van der Waals surface area contributed by atoms with Crippen molar-refractivity contribution >= 4 is 5.91 Å². The van der Waals surface area contributed by atoms with E-state index in [0.29, 0.717) is 19.8 Å². The predicted molar refractivity (Wildman–Crippen MR) is 50.1 cm³/mol. The fourth-order valence-corrected chi connectivity index (χ4v) is 1.34. The molecule has 1 rings (SSSR count). The molecule has 13 heavy (non-hydrogen) atoms. The molecule has 76 valence electrons. The van der Waals surface area contributed by atoms with Gasteiger partial charge in [0.15, 0.2) is 0 Å². The maximum Gasteiger partial charge on any atom is 0.237 e. The van der Waals surface area contributed by atoms with Crippen LogP contribution in [-0.2, 0) is 4.79 Å². The number of nitrogens with zero attached hydrogens (tertiary/aromatic N) is 2. The lowest BCUT2D eigenvalue weighted by Crippen LogP contribution is -2.34. The van der Waals surface area contributed by atoms with Crippen molar-refractivity contribution in [2.45, 2.75) is 20.0 Å². The minimum Gasteiger partial charge on any atom is -0.392 e. The van der Waals surface area contributed by atoms with Gasteiger partial charge in [-0.2, -0.15) is 0 Å². The summed E-state index contributed by atoms with van der Waals surface area (Å²) in [7, 11) is 1.78. The summed E-state index contributed by atoms with van der Waals surface area (Å²) in [5, 5.41) is 9.59. The van der Waals surface area contributed by atoms with E-state index in [9.17, 15) is 9.90 Å². The van der Waals surface area contributed by atoms with Crippen LogP contribution in [0.3, 0.4) is 0 Å². The minimum absolute atomic E-state index is 0.135. The van der Waals surface area contributed by atoms with Crippen LogP contribution < -0.4 is 0 Å². The van der Waals surface area contributed by atoms with Gasteiger partial charge in [-0.15, -0.1) is 0 Å². The van der Waals surface area contributed by atoms with E-state index in [0.717, 1.165) is 0 Å². The van der Waals surface area contributed by atoms with Crippen LogP contribution in [0.15, 0.2) is 0 Å². The molecule has 4 heteroatoms. The smallest absolute Gasteiger partial charge is 0.237 e. The Morgan fingerprint density at radius 3 is 2.54 bits per heavy atom. The summed E-state index contributed by atoms with van der Waals surface area (Å²) in [5.41, 5.74) is 0. The quantitative estimate of drug-likeness (QED) is 0.660. The van der Waals surface area contributed by atoms with Gasteiger partial charge in [0.25, 0.3) is 0 Å². The van der Waals surface area contributed by atoms with Gasteiger partial charge in [0, 0.05) is 13.6 Å². The van der Waals surface area contributed by atoms with Crippen molar-refractivity contribution in [1.82, 2.24) is 9.80 Å². The lowest BCUT2D eigenvalue weighted by Gasteiger charge is -2.21. The standard InChI is InChI=1S/C9H18N2O2/c1-7(2)8(12)4-11-5-9(13)10(3)6-11/h7-8,12H,4-6H2,1-3H3. The van der Waals surface area contributed by atoms with Crippen molar-refractivity contribution in [2.24, 2.45) is 5.92 Å². The molecule has 1 fully saturated rings. The molecular formula is C9H18N2O2. The molecule has 0 bridgehead atoms. The molecule has 1 N–H and O–H groups in total. The van der Waals surface area contributed by atoms with Gasteiger partial charge in [-0.05, 0) is 5.92 Å². The van der Waals surface area contributed by atoms with E-state index in [1.54, 1.807) is 11.9 Å². The zero-order chi connectivity index (χ0) is 10.0. The van der Waals surface area contributed by atoms with Crippen molar-refractivity contribution < 1.29 is 9.90 Å². The molecule has 1 heterocycles. The summed E-state index contributed by atoms with van der Waals surface area (Å²) in [6.07, 6.45) is -0.334. The maximum absolute atomic E-state index is 11.1. The van der Waals surface area contributed by atoms with E-state index < -0.39 is 0 Å². The number of carbonyl (C=O) groups is 1. The van der Waals surface area contributed by atoms with Gasteiger partial charge in [-0.1, -0.05) is 13.8 Å². The molecule has 1 unspecified atom stereocenters. The van der Waals surface area contributed by atoms with E-state index in [1.807, 2.05) is 18.7 Å². The summed E-state index contributed by atoms with van der Waals surface area (Å²) in [6.45, 7) is 5.63. The molecule has 0 spiro atoms. The Morgan fingerprint density at radius 2 is 2.15 bits per heavy atom. The van der Waals surface area contributed by atoms with Crippen LogP contribution >= 0.6 is 0 Å². The number of hydrogen-bond acceptors (Lipinski definition) is 3. The predicted octanol–water partition coefficient (Wildman–Crippen LogP) is -0.265. The first-order chi connectivity index (χ1) is 6.00. The van der Waals surface area contributed by atoms with Crippen LogP contribution in [0.1, 0.15) is 13.8 Å². The van der Waals surface area contributed by atoms with Crippen LogP contribution in [0.2, 0.25) is 0 Å². The van der Waals surface area contributed by atoms with E-state index in [2.05, 4.69) is 0 Å². The van der Waals surface area contributed by atoms with E-state index >= 15 is 0 Å². The lowest BCUT2D eigenvalue weighted by atomic mass is 10.1. The first kappa shape index (κ1) is 10.5. The molecule has 1 amide bonds. The second kappa shape index (κ2) is 4.07. The lowest BCUT2D eigenvalue weighted by molar-refractivity contribution is -0.125. The average Bonchev–Trinajstić information content (AvgIpc) is 2.31. The van der Waals surface area contributed by atoms with Crippen LogP contribution in [-0.4, -0.2) is 53.7 Å². The van der Waals surface area contributed by atoms with Gasteiger partial charge in [0.2, 0.25) is 5.91 Å². The number of aliphatic hydroxyl groups is 1. The molecule has 4 nitrogen and oxygen atoms in total. The Hall–Kier alpha value is -0.610. The van der Waals surface area contributed by atoms with Crippen molar-refractivity contribution in [3.8, 4) is 0 Å². The highest BCUT2D eigenvalue weighted by Gasteiger charge is 2.26. The number of carbonyl (C=O) groups excluding carboxylic acids is 1. The van der Waals surface area contributed by atoms with Crippen LogP contribution in [0.5, 0.6) is 0 Å². The molecule has 1 aliphatic heterocycles. The number of β-amino-alcohol motifs (C(OH)–C–C–N with tert-alkyl or cyclic N) is 1. The highest BCUT2D eigenvalue weighted by atomic mass is 16.3. The highest BCUT2D eigenvalue weighted by molar-refractivity contribution is 5.79. The van der Waals surface area contributed by atoms with Crippen molar-refractivity contribution in [2.75, 3.05) is 26.8 Å². The fraction of sp³-hybridized carbons (Fsp3) is 0.889. The first-order valence-electron chi connectivity index (χ1n) is 4.65. The van der Waals surface area contributed by atoms with E-state index in [1.165, 1.54) is 0 Å². The van der Waals surface area contributed by atoms with Gasteiger partial charge < -0.3 is 10.0 Å². The van der Waals surface area contributed by atoms with Crippen LogP contribution in [0.4, 0.5) is 0 Å². The van der Waals surface area contributed by atoms with Crippen molar-refractivity contribution in [3.05, 3.63) is 0 Å². The van der Waals surface area contributed by atoms with Gasteiger partial charge in [0.1, 0.15) is 0 Å². The number of rotatable bonds is 3. The minimum atomic E-state index is -0.334. The molecule has 1 saturated heterocycles. The topological polar surface area (TPSA) is 43.8 Å². The monoisotopic (exact) mass is 186 g/mol. The largest absolute Gasteiger partial charge is 0.392 e. The molecule has 0 aromatic carbocycles. The van der Waals surface area contributed by atoms with Gasteiger partial charge >= 0.3 is 0 Å². The third-order valence-corrected chi connectivity index (χ3v) is 2.41. The van der Waals surface area contributed by atoms with Gasteiger partial charge in [-0.25, -0.2) is 0 Å². The van der Waals surface area contributed by atoms with E-state index in [-0.39, 0.29) is 17.9 Å². The van der Waals surface area contributed by atoms with Crippen LogP contribution in [0.25, 0.3) is 0 Å². The normalized spacial score (nSPS) is 21.6. The molecule has 0 radical (unpaired) electrons. The fourth-order valence-electron chi connectivity index (χ4n) is 1.34. The summed E-state index contributed by atoms with van der Waals surface area (Å²) in [4.78, 5) is 14.8. The van der Waals surface area contributed by atoms with Crippen LogP contribution in [0, 0.1) is 5.92 Å². The molecule has 0 aliphatic carbocycles. The number of amides is 1. The number of likely N-dealkylation sites (N-methyl/N-ethyl adjacent to an activating group) is 1. The number of aliphatic hydroxyl groups excluding tert-OH is 1. The first-order valence-corrected chi connectivity index (χ1v) is 4.65. The summed E-state index contributed by atoms with van der Waals surface area (Å²) < 4.78 is 0. The Labute approximate surface area is 79.1 Å². The molecule has 1 aliphatic rings. The Balaban J connectivity index is 2.35. The second-order valence-electron chi connectivity index (χ2n) is 4.06. The van der Waals surface area contributed by atoms with Crippen molar-refractivity contribution in [3.63, 3.8) is 0 Å². The SMILES string of the molecule is CC(C)C(O)CN1CC(=O)N(C)C1. The molecule has 0 aromatic heterocycles. The van der Waals surface area contributed by atoms with Gasteiger partial charge in [0.05, 0.1) is 19.3 Å². The molecule has 0 aromatic rings. The van der Waals surface area contributed by atoms with E-state index in [4.69, 9.17) is 0 Å². The molecule has 0 saturated carbocycles. The zero-order valence-corrected chi connectivity index (χ0v) is 8.53. The Kier molecular flexibility index (Phi) is 3.27. The molecule has 1 atom stereocenters. The maximum atomic E-state index is 11.1. The summed E-state index contributed by atoms with van der Waals surface area (Å²) >= 11 is 0. The average molecular weight is 186 g/mol. The Morgan fingerprint density at radius 1 is 1.54 bits per heavy atom. The third kappa shape index (κ3) is 2.67. The third-order valence-electron chi connectivity index (χ3n) is 2.41. The number of hydrogen-bond donors (Lipinski definition) is 1. The van der Waals surface area contributed by atoms with Crippen molar-refractivity contribution in [1.29, 1.82) is 0 Å².